The topological polar surface area (TPSA) is 29.0 Å². The van der Waals surface area contributed by atoms with Crippen LogP contribution in [0.5, 0.6) is 0 Å². The molecule has 0 aliphatic carbocycles. The van der Waals surface area contributed by atoms with Crippen molar-refractivity contribution in [3.8, 4) is 0 Å². The molecule has 2 aromatic rings. The molecule has 5 heteroatoms. The third kappa shape index (κ3) is 2.53. The van der Waals surface area contributed by atoms with Gasteiger partial charge in [-0.3, -0.25) is 0 Å². The maximum absolute atomic E-state index is 13.7. The van der Waals surface area contributed by atoms with Gasteiger partial charge in [-0.05, 0) is 30.7 Å². The molecule has 0 atom stereocenters. The zero-order chi connectivity index (χ0) is 12.3. The van der Waals surface area contributed by atoms with Crippen LogP contribution >= 0.6 is 11.6 Å². The molecule has 2 rings (SSSR count). The Bertz CT molecular complexity index is 504. The largest absolute Gasteiger partial charge is 0.324 e. The second-order valence-electron chi connectivity index (χ2n) is 3.39. The van der Waals surface area contributed by atoms with Crippen LogP contribution in [0.25, 0.3) is 0 Å². The van der Waals surface area contributed by atoms with Crippen molar-refractivity contribution in [2.24, 2.45) is 0 Å². The highest BCUT2D eigenvalue weighted by Crippen LogP contribution is 2.25. The summed E-state index contributed by atoms with van der Waals surface area (Å²) in [5.74, 6) is -0.293. The lowest BCUT2D eigenvalue weighted by molar-refractivity contribution is 0.611. The van der Waals surface area contributed by atoms with Crippen molar-refractivity contribution in [1.29, 1.82) is 0 Å². The van der Waals surface area contributed by atoms with E-state index in [0.717, 1.165) is 11.9 Å². The highest BCUT2D eigenvalue weighted by molar-refractivity contribution is 6.28. The predicted octanol–water partition coefficient (Wildman–Crippen LogP) is 3.43. The van der Waals surface area contributed by atoms with E-state index in [4.69, 9.17) is 11.6 Å². The Morgan fingerprint density at radius 1 is 1.29 bits per heavy atom. The van der Waals surface area contributed by atoms with E-state index in [-0.39, 0.29) is 11.1 Å². The van der Waals surface area contributed by atoms with Gasteiger partial charge in [0.15, 0.2) is 11.6 Å². The Kier molecular flexibility index (Phi) is 3.54. The summed E-state index contributed by atoms with van der Waals surface area (Å²) in [5, 5.41) is 0.0378. The Hall–Kier alpha value is -1.68. The van der Waals surface area contributed by atoms with E-state index < -0.39 is 5.82 Å². The van der Waals surface area contributed by atoms with Gasteiger partial charge in [-0.2, -0.15) is 4.98 Å². The minimum absolute atomic E-state index is 0.0378. The summed E-state index contributed by atoms with van der Waals surface area (Å²) < 4.78 is 13.7. The van der Waals surface area contributed by atoms with Crippen LogP contribution in [0.15, 0.2) is 36.5 Å². The quantitative estimate of drug-likeness (QED) is 0.783. The average Bonchev–Trinajstić information content (AvgIpc) is 2.36. The molecule has 0 spiro atoms. The van der Waals surface area contributed by atoms with E-state index in [1.165, 1.54) is 0 Å². The van der Waals surface area contributed by atoms with E-state index in [0.29, 0.717) is 6.54 Å². The maximum atomic E-state index is 13.7. The minimum atomic E-state index is -0.486. The molecule has 1 aromatic heterocycles. The van der Waals surface area contributed by atoms with Crippen LogP contribution in [0.2, 0.25) is 5.28 Å². The van der Waals surface area contributed by atoms with Gasteiger partial charge in [-0.15, -0.1) is 0 Å². The van der Waals surface area contributed by atoms with Gasteiger partial charge in [-0.25, -0.2) is 9.37 Å². The van der Waals surface area contributed by atoms with Crippen molar-refractivity contribution in [2.45, 2.75) is 6.92 Å². The number of halogens is 2. The first-order valence-corrected chi connectivity index (χ1v) is 5.60. The van der Waals surface area contributed by atoms with Gasteiger partial charge in [0.25, 0.3) is 0 Å². The number of aromatic nitrogens is 2. The molecule has 1 aromatic carbocycles. The molecule has 3 nitrogen and oxygen atoms in total. The second-order valence-corrected chi connectivity index (χ2v) is 3.73. The molecule has 0 fully saturated rings. The lowest BCUT2D eigenvalue weighted by atomic mass is 10.3. The Balaban J connectivity index is 2.46. The van der Waals surface area contributed by atoms with E-state index in [9.17, 15) is 4.39 Å². The van der Waals surface area contributed by atoms with Gasteiger partial charge >= 0.3 is 0 Å². The average molecular weight is 252 g/mol. The molecule has 0 unspecified atom stereocenters. The van der Waals surface area contributed by atoms with Crippen molar-refractivity contribution >= 4 is 23.1 Å². The predicted molar refractivity (Wildman–Crippen MR) is 66.1 cm³/mol. The summed E-state index contributed by atoms with van der Waals surface area (Å²) >= 11 is 5.69. The third-order valence-corrected chi connectivity index (χ3v) is 2.52. The van der Waals surface area contributed by atoms with Crippen molar-refractivity contribution in [3.05, 3.63) is 47.6 Å². The summed E-state index contributed by atoms with van der Waals surface area (Å²) in [5.41, 5.74) is 0.865. The zero-order valence-electron chi connectivity index (χ0n) is 9.27. The summed E-state index contributed by atoms with van der Waals surface area (Å²) in [6.45, 7) is 2.51. The van der Waals surface area contributed by atoms with Crippen molar-refractivity contribution in [2.75, 3.05) is 11.4 Å². The van der Waals surface area contributed by atoms with Crippen molar-refractivity contribution in [1.82, 2.24) is 9.97 Å². The Morgan fingerprint density at radius 2 is 2.00 bits per heavy atom. The molecule has 0 amide bonds. The monoisotopic (exact) mass is 251 g/mol. The molecule has 1 heterocycles. The third-order valence-electron chi connectivity index (χ3n) is 2.34. The minimum Gasteiger partial charge on any atom is -0.324 e. The molecule has 0 saturated heterocycles. The van der Waals surface area contributed by atoms with Gasteiger partial charge in [-0.1, -0.05) is 18.2 Å². The van der Waals surface area contributed by atoms with Crippen LogP contribution in [-0.4, -0.2) is 16.5 Å². The maximum Gasteiger partial charge on any atom is 0.224 e. The normalized spacial score (nSPS) is 10.3. The first-order chi connectivity index (χ1) is 8.22. The molecule has 0 saturated carbocycles. The molecule has 0 N–H and O–H groups in total. The fraction of sp³-hybridized carbons (Fsp3) is 0.167. The van der Waals surface area contributed by atoms with Gasteiger partial charge in [0.1, 0.15) is 0 Å². The number of benzene rings is 1. The highest BCUT2D eigenvalue weighted by Gasteiger charge is 2.14. The van der Waals surface area contributed by atoms with Gasteiger partial charge in [0.05, 0.1) is 6.20 Å². The summed E-state index contributed by atoms with van der Waals surface area (Å²) in [6, 6.07) is 9.45. The Morgan fingerprint density at radius 3 is 2.65 bits per heavy atom. The molecule has 0 bridgehead atoms. The van der Waals surface area contributed by atoms with E-state index >= 15 is 0 Å². The molecule has 88 valence electrons. The SMILES string of the molecule is CCN(c1ccccc1)c1nc(Cl)ncc1F. The zero-order valence-corrected chi connectivity index (χ0v) is 10.0. The Labute approximate surface area is 104 Å². The summed E-state index contributed by atoms with van der Waals surface area (Å²) in [7, 11) is 0. The van der Waals surface area contributed by atoms with Crippen molar-refractivity contribution < 1.29 is 4.39 Å². The van der Waals surface area contributed by atoms with Crippen molar-refractivity contribution in [3.63, 3.8) is 0 Å². The lowest BCUT2D eigenvalue weighted by Crippen LogP contribution is -2.19. The van der Waals surface area contributed by atoms with Crippen LogP contribution in [0.3, 0.4) is 0 Å². The molecule has 0 aliphatic rings. The second kappa shape index (κ2) is 5.10. The summed E-state index contributed by atoms with van der Waals surface area (Å²) in [4.78, 5) is 9.27. The van der Waals surface area contributed by atoms with E-state index in [2.05, 4.69) is 9.97 Å². The van der Waals surface area contributed by atoms with Crippen LogP contribution in [0, 0.1) is 5.82 Å². The molecular formula is C12H11ClFN3. The van der Waals surface area contributed by atoms with Gasteiger partial charge in [0.2, 0.25) is 5.28 Å². The number of hydrogen-bond donors (Lipinski definition) is 0. The summed E-state index contributed by atoms with van der Waals surface area (Å²) in [6.07, 6.45) is 1.08. The fourth-order valence-electron chi connectivity index (χ4n) is 1.59. The van der Waals surface area contributed by atoms with E-state index in [1.54, 1.807) is 4.90 Å². The molecule has 0 radical (unpaired) electrons. The number of rotatable bonds is 3. The van der Waals surface area contributed by atoms with Crippen LogP contribution in [0.4, 0.5) is 15.9 Å². The smallest absolute Gasteiger partial charge is 0.224 e. The van der Waals surface area contributed by atoms with E-state index in [1.807, 2.05) is 37.3 Å². The number of hydrogen-bond acceptors (Lipinski definition) is 3. The first kappa shape index (κ1) is 11.8. The molecule has 17 heavy (non-hydrogen) atoms. The standard InChI is InChI=1S/C12H11ClFN3/c1-2-17(9-6-4-3-5-7-9)11-10(14)8-15-12(13)16-11/h3-8H,2H2,1H3. The first-order valence-electron chi connectivity index (χ1n) is 5.23. The highest BCUT2D eigenvalue weighted by atomic mass is 35.5. The van der Waals surface area contributed by atoms with Gasteiger partial charge < -0.3 is 4.90 Å². The van der Waals surface area contributed by atoms with Gasteiger partial charge in [0, 0.05) is 12.2 Å². The van der Waals surface area contributed by atoms with Crippen LogP contribution in [-0.2, 0) is 0 Å². The lowest BCUT2D eigenvalue weighted by Gasteiger charge is -2.22. The molecule has 0 aliphatic heterocycles. The number of nitrogens with zero attached hydrogens (tertiary/aromatic N) is 3. The van der Waals surface area contributed by atoms with Crippen LogP contribution in [0.1, 0.15) is 6.92 Å². The fourth-order valence-corrected chi connectivity index (χ4v) is 1.72. The number of para-hydroxylation sites is 1. The molecular weight excluding hydrogens is 241 g/mol. The number of anilines is 2. The van der Waals surface area contributed by atoms with Crippen LogP contribution < -0.4 is 4.90 Å².